The number of nitrogens with zero attached hydrogens (tertiary/aromatic N) is 3. The molecule has 6 heteroatoms. The van der Waals surface area contributed by atoms with Crippen molar-refractivity contribution in [2.75, 3.05) is 7.11 Å². The zero-order valence-corrected chi connectivity index (χ0v) is 11.6. The van der Waals surface area contributed by atoms with E-state index in [1.807, 2.05) is 11.6 Å². The summed E-state index contributed by atoms with van der Waals surface area (Å²) in [5, 5.41) is 8.24. The lowest BCUT2D eigenvalue weighted by Crippen LogP contribution is -2.19. The van der Waals surface area contributed by atoms with E-state index in [0.717, 1.165) is 18.5 Å². The molecule has 0 fully saturated rings. The van der Waals surface area contributed by atoms with Gasteiger partial charge in [-0.2, -0.15) is 0 Å². The van der Waals surface area contributed by atoms with Gasteiger partial charge in [-0.1, -0.05) is 31.3 Å². The molecule has 17 heavy (non-hydrogen) atoms. The molecule has 96 valence electrons. The van der Waals surface area contributed by atoms with Crippen molar-refractivity contribution >= 4 is 17.2 Å². The molecule has 1 heterocycles. The van der Waals surface area contributed by atoms with Crippen LogP contribution in [0.2, 0.25) is 0 Å². The van der Waals surface area contributed by atoms with Gasteiger partial charge in [0.05, 0.1) is 17.8 Å². The van der Waals surface area contributed by atoms with Crippen LogP contribution in [0, 0.1) is 0 Å². The molecule has 0 aliphatic heterocycles. The molecule has 0 saturated heterocycles. The van der Waals surface area contributed by atoms with E-state index in [9.17, 15) is 0 Å². The van der Waals surface area contributed by atoms with Crippen LogP contribution in [-0.4, -0.2) is 27.1 Å². The number of aromatic nitrogens is 3. The van der Waals surface area contributed by atoms with Gasteiger partial charge in [0.2, 0.25) is 0 Å². The van der Waals surface area contributed by atoms with Gasteiger partial charge in [0.15, 0.2) is 0 Å². The molecule has 0 aliphatic carbocycles. The van der Waals surface area contributed by atoms with Crippen molar-refractivity contribution in [2.24, 2.45) is 5.73 Å². The predicted molar refractivity (Wildman–Crippen MR) is 71.0 cm³/mol. The van der Waals surface area contributed by atoms with E-state index in [2.05, 4.69) is 24.2 Å². The third kappa shape index (κ3) is 2.81. The van der Waals surface area contributed by atoms with E-state index in [4.69, 9.17) is 22.7 Å². The Bertz CT molecular complexity index is 387. The largest absolute Gasteiger partial charge is 0.388 e. The molecule has 0 bridgehead atoms. The van der Waals surface area contributed by atoms with E-state index in [1.165, 1.54) is 0 Å². The second-order valence-corrected chi connectivity index (χ2v) is 4.42. The molecule has 1 atom stereocenters. The van der Waals surface area contributed by atoms with Crippen LogP contribution in [0.1, 0.15) is 57.1 Å². The first-order valence-corrected chi connectivity index (χ1v) is 6.25. The van der Waals surface area contributed by atoms with Crippen LogP contribution < -0.4 is 5.73 Å². The van der Waals surface area contributed by atoms with Gasteiger partial charge in [-0.05, 0) is 19.8 Å². The zero-order valence-electron chi connectivity index (χ0n) is 10.8. The van der Waals surface area contributed by atoms with Crippen molar-refractivity contribution in [3.63, 3.8) is 0 Å². The van der Waals surface area contributed by atoms with Gasteiger partial charge in [-0.25, -0.2) is 4.68 Å². The van der Waals surface area contributed by atoms with Gasteiger partial charge in [0, 0.05) is 7.11 Å². The van der Waals surface area contributed by atoms with Crippen LogP contribution in [0.25, 0.3) is 0 Å². The number of rotatable bonds is 6. The molecule has 1 aromatic rings. The van der Waals surface area contributed by atoms with Crippen LogP contribution in [0.15, 0.2) is 0 Å². The lowest BCUT2D eigenvalue weighted by molar-refractivity contribution is 0.109. The van der Waals surface area contributed by atoms with Crippen molar-refractivity contribution in [2.45, 2.75) is 45.8 Å². The van der Waals surface area contributed by atoms with Crippen molar-refractivity contribution in [3.8, 4) is 0 Å². The van der Waals surface area contributed by atoms with E-state index in [0.29, 0.717) is 11.7 Å². The predicted octanol–water partition coefficient (Wildman–Crippen LogP) is 1.98. The summed E-state index contributed by atoms with van der Waals surface area (Å²) in [5.41, 5.74) is 7.10. The smallest absolute Gasteiger partial charge is 0.145 e. The van der Waals surface area contributed by atoms with E-state index >= 15 is 0 Å². The normalized spacial score (nSPS) is 13.0. The summed E-state index contributed by atoms with van der Waals surface area (Å²) < 4.78 is 7.24. The minimum absolute atomic E-state index is 0.123. The SMILES string of the molecule is CCC(CC)n1nnc(C(N)=S)c1C(C)OC. The highest BCUT2D eigenvalue weighted by Crippen LogP contribution is 2.25. The highest BCUT2D eigenvalue weighted by atomic mass is 32.1. The average molecular weight is 256 g/mol. The van der Waals surface area contributed by atoms with Crippen molar-refractivity contribution in [1.29, 1.82) is 0 Å². The molecule has 5 nitrogen and oxygen atoms in total. The van der Waals surface area contributed by atoms with E-state index in [-0.39, 0.29) is 11.1 Å². The summed E-state index contributed by atoms with van der Waals surface area (Å²) in [6.45, 7) is 6.19. The molecule has 0 amide bonds. The maximum absolute atomic E-state index is 5.66. The van der Waals surface area contributed by atoms with Crippen LogP contribution in [0.4, 0.5) is 0 Å². The Morgan fingerprint density at radius 2 is 2.06 bits per heavy atom. The quantitative estimate of drug-likeness (QED) is 0.788. The second-order valence-electron chi connectivity index (χ2n) is 3.98. The molecular weight excluding hydrogens is 236 g/mol. The molecule has 1 rings (SSSR count). The minimum atomic E-state index is -0.123. The summed E-state index contributed by atoms with van der Waals surface area (Å²) in [5.74, 6) is 0. The molecule has 0 saturated carbocycles. The lowest BCUT2D eigenvalue weighted by Gasteiger charge is -2.19. The fraction of sp³-hybridized carbons (Fsp3) is 0.727. The van der Waals surface area contributed by atoms with Gasteiger partial charge in [0.25, 0.3) is 0 Å². The van der Waals surface area contributed by atoms with Crippen molar-refractivity contribution < 1.29 is 4.74 Å². The van der Waals surface area contributed by atoms with Gasteiger partial charge in [0.1, 0.15) is 10.7 Å². The Labute approximate surface area is 107 Å². The summed E-state index contributed by atoms with van der Waals surface area (Å²) in [6, 6.07) is 0.304. The monoisotopic (exact) mass is 256 g/mol. The Hall–Kier alpha value is -1.01. The molecule has 0 aliphatic rings. The summed E-state index contributed by atoms with van der Waals surface area (Å²) in [7, 11) is 1.65. The molecule has 1 unspecified atom stereocenters. The first-order valence-electron chi connectivity index (χ1n) is 5.84. The average Bonchev–Trinajstić information content (AvgIpc) is 2.74. The number of hydrogen-bond acceptors (Lipinski definition) is 4. The van der Waals surface area contributed by atoms with Gasteiger partial charge in [-0.3, -0.25) is 0 Å². The molecule has 2 N–H and O–H groups in total. The molecule has 1 aromatic heterocycles. The lowest BCUT2D eigenvalue weighted by atomic mass is 10.1. The minimum Gasteiger partial charge on any atom is -0.388 e. The van der Waals surface area contributed by atoms with E-state index < -0.39 is 0 Å². The van der Waals surface area contributed by atoms with Crippen LogP contribution in [0.5, 0.6) is 0 Å². The van der Waals surface area contributed by atoms with E-state index in [1.54, 1.807) is 7.11 Å². The topological polar surface area (TPSA) is 66.0 Å². The van der Waals surface area contributed by atoms with Crippen LogP contribution in [-0.2, 0) is 4.74 Å². The number of thiocarbonyl (C=S) groups is 1. The number of hydrogen-bond donors (Lipinski definition) is 1. The van der Waals surface area contributed by atoms with Crippen molar-refractivity contribution in [3.05, 3.63) is 11.4 Å². The highest BCUT2D eigenvalue weighted by molar-refractivity contribution is 7.80. The third-order valence-electron chi connectivity index (χ3n) is 2.99. The zero-order chi connectivity index (χ0) is 13.0. The number of methoxy groups -OCH3 is 1. The standard InChI is InChI=1S/C11H20N4OS/c1-5-8(6-2)15-10(7(3)16-4)9(11(12)17)13-14-15/h7-8H,5-6H2,1-4H3,(H2,12,17). The first kappa shape index (κ1) is 14.1. The van der Waals surface area contributed by atoms with Crippen LogP contribution >= 0.6 is 12.2 Å². The maximum atomic E-state index is 5.66. The van der Waals surface area contributed by atoms with Gasteiger partial charge >= 0.3 is 0 Å². The molecular formula is C11H20N4OS. The summed E-state index contributed by atoms with van der Waals surface area (Å²) in [6.07, 6.45) is 1.85. The van der Waals surface area contributed by atoms with Crippen molar-refractivity contribution in [1.82, 2.24) is 15.0 Å². The Kier molecular flexibility index (Phi) is 5.02. The highest BCUT2D eigenvalue weighted by Gasteiger charge is 2.23. The fourth-order valence-corrected chi connectivity index (χ4v) is 2.02. The molecule has 0 radical (unpaired) electrons. The Morgan fingerprint density at radius 3 is 2.47 bits per heavy atom. The summed E-state index contributed by atoms with van der Waals surface area (Å²) >= 11 is 5.00. The third-order valence-corrected chi connectivity index (χ3v) is 3.18. The van der Waals surface area contributed by atoms with Gasteiger partial charge in [-0.15, -0.1) is 5.10 Å². The van der Waals surface area contributed by atoms with Crippen LogP contribution in [0.3, 0.4) is 0 Å². The second kappa shape index (κ2) is 6.07. The van der Waals surface area contributed by atoms with Gasteiger partial charge < -0.3 is 10.5 Å². The number of nitrogens with two attached hydrogens (primary N) is 1. The summed E-state index contributed by atoms with van der Waals surface area (Å²) in [4.78, 5) is 0.265. The first-order chi connectivity index (χ1) is 8.06. The fourth-order valence-electron chi connectivity index (χ4n) is 1.87. The Balaban J connectivity index is 3.26. The maximum Gasteiger partial charge on any atom is 0.145 e. The Morgan fingerprint density at radius 1 is 1.47 bits per heavy atom. The molecule has 0 aromatic carbocycles. The number of ether oxygens (including phenoxy) is 1. The molecule has 0 spiro atoms.